The Bertz CT molecular complexity index is 699. The topological polar surface area (TPSA) is 20.2 Å². The number of aliphatic hydroxyl groups excluding tert-OH is 1. The number of hydrogen-bond donors (Lipinski definition) is 1. The number of fused-ring (bicyclic) bond motifs is 1. The van der Waals surface area contributed by atoms with Gasteiger partial charge < -0.3 is 5.11 Å². The van der Waals surface area contributed by atoms with E-state index in [-0.39, 0.29) is 5.82 Å². The van der Waals surface area contributed by atoms with Crippen LogP contribution in [0, 0.1) is 12.7 Å². The molecule has 0 spiro atoms. The lowest BCUT2D eigenvalue weighted by Crippen LogP contribution is -1.92. The summed E-state index contributed by atoms with van der Waals surface area (Å²) in [5, 5.41) is 11.2. The van der Waals surface area contributed by atoms with E-state index in [1.54, 1.807) is 17.4 Å². The van der Waals surface area contributed by atoms with Crippen LogP contribution in [0.15, 0.2) is 36.4 Å². The summed E-state index contributed by atoms with van der Waals surface area (Å²) in [4.78, 5) is 2.97. The summed E-state index contributed by atoms with van der Waals surface area (Å²) >= 11 is 3.09. The number of aliphatic hydroxyl groups is 1. The van der Waals surface area contributed by atoms with Crippen LogP contribution < -0.4 is 0 Å². The van der Waals surface area contributed by atoms with Crippen molar-refractivity contribution < 1.29 is 9.50 Å². The maximum Gasteiger partial charge on any atom is 0.123 e. The lowest BCUT2D eigenvalue weighted by atomic mass is 10.2. The van der Waals surface area contributed by atoms with Gasteiger partial charge >= 0.3 is 0 Å². The first-order chi connectivity index (χ1) is 8.63. The number of benzene rings is 1. The highest BCUT2D eigenvalue weighted by molar-refractivity contribution is 7.19. The molecule has 1 N–H and O–H groups in total. The van der Waals surface area contributed by atoms with Crippen LogP contribution in [0.3, 0.4) is 0 Å². The third-order valence-corrected chi connectivity index (χ3v) is 5.02. The van der Waals surface area contributed by atoms with Crippen molar-refractivity contribution in [3.8, 4) is 0 Å². The minimum absolute atomic E-state index is 0.242. The summed E-state index contributed by atoms with van der Waals surface area (Å²) in [5.41, 5.74) is 0. The normalized spacial score (nSPS) is 13.1. The maximum atomic E-state index is 13.1. The molecule has 92 valence electrons. The highest BCUT2D eigenvalue weighted by Gasteiger charge is 2.15. The molecule has 1 atom stereocenters. The van der Waals surface area contributed by atoms with Gasteiger partial charge in [0.15, 0.2) is 0 Å². The summed E-state index contributed by atoms with van der Waals surface area (Å²) in [6, 6.07) is 10.5. The molecule has 0 fully saturated rings. The van der Waals surface area contributed by atoms with E-state index < -0.39 is 6.10 Å². The van der Waals surface area contributed by atoms with Crippen LogP contribution in [-0.4, -0.2) is 5.11 Å². The van der Waals surface area contributed by atoms with Crippen LogP contribution >= 0.6 is 22.7 Å². The number of hydrogen-bond acceptors (Lipinski definition) is 3. The predicted molar refractivity (Wildman–Crippen MR) is 74.9 cm³/mol. The predicted octanol–water partition coefficient (Wildman–Crippen LogP) is 4.49. The molecule has 0 amide bonds. The molecule has 1 nitrogen and oxygen atoms in total. The third-order valence-electron chi connectivity index (χ3n) is 2.80. The van der Waals surface area contributed by atoms with Gasteiger partial charge in [0.1, 0.15) is 11.9 Å². The van der Waals surface area contributed by atoms with Gasteiger partial charge in [-0.25, -0.2) is 4.39 Å². The second-order valence-corrected chi connectivity index (χ2v) is 6.62. The van der Waals surface area contributed by atoms with E-state index in [9.17, 15) is 9.50 Å². The van der Waals surface area contributed by atoms with Crippen LogP contribution in [0.1, 0.15) is 20.7 Å². The van der Waals surface area contributed by atoms with Crippen molar-refractivity contribution in [2.75, 3.05) is 0 Å². The second kappa shape index (κ2) is 4.46. The summed E-state index contributed by atoms with van der Waals surface area (Å²) < 4.78 is 14.1. The Balaban J connectivity index is 2.03. The number of thiophene rings is 2. The van der Waals surface area contributed by atoms with Gasteiger partial charge in [0, 0.05) is 19.3 Å². The van der Waals surface area contributed by atoms with Crippen LogP contribution in [0.4, 0.5) is 4.39 Å². The van der Waals surface area contributed by atoms with Gasteiger partial charge in [-0.2, -0.15) is 0 Å². The molecule has 0 radical (unpaired) electrons. The van der Waals surface area contributed by atoms with Gasteiger partial charge in [-0.15, -0.1) is 22.7 Å². The molecule has 1 aromatic carbocycles. The largest absolute Gasteiger partial charge is 0.382 e. The average Bonchev–Trinajstić information content (AvgIpc) is 2.93. The fourth-order valence-electron chi connectivity index (χ4n) is 1.91. The van der Waals surface area contributed by atoms with Crippen LogP contribution in [0.5, 0.6) is 0 Å². The molecular formula is C14H11FOS2. The monoisotopic (exact) mass is 278 g/mol. The van der Waals surface area contributed by atoms with E-state index in [4.69, 9.17) is 0 Å². The molecule has 3 aromatic rings. The van der Waals surface area contributed by atoms with E-state index in [0.717, 1.165) is 19.8 Å². The van der Waals surface area contributed by atoms with Gasteiger partial charge in [0.2, 0.25) is 0 Å². The summed E-state index contributed by atoms with van der Waals surface area (Å²) in [6.45, 7) is 2.02. The molecule has 3 rings (SSSR count). The highest BCUT2D eigenvalue weighted by atomic mass is 32.1. The smallest absolute Gasteiger partial charge is 0.123 e. The molecule has 0 aliphatic heterocycles. The zero-order valence-electron chi connectivity index (χ0n) is 9.68. The van der Waals surface area contributed by atoms with Gasteiger partial charge in [0.05, 0.1) is 0 Å². The molecule has 0 aliphatic rings. The minimum atomic E-state index is -0.607. The maximum absolute atomic E-state index is 13.1. The Hall–Kier alpha value is -1.23. The SMILES string of the molecule is Cc1ccc(C(O)c2cc3cc(F)ccc3s2)s1. The van der Waals surface area contributed by atoms with Crippen molar-refractivity contribution in [2.24, 2.45) is 0 Å². The molecular weight excluding hydrogens is 267 g/mol. The zero-order valence-corrected chi connectivity index (χ0v) is 11.3. The van der Waals surface area contributed by atoms with Crippen molar-refractivity contribution >= 4 is 32.8 Å². The van der Waals surface area contributed by atoms with E-state index in [0.29, 0.717) is 0 Å². The molecule has 0 saturated carbocycles. The lowest BCUT2D eigenvalue weighted by Gasteiger charge is -2.04. The van der Waals surface area contributed by atoms with Crippen LogP contribution in [0.2, 0.25) is 0 Å². The molecule has 2 aromatic heterocycles. The Morgan fingerprint density at radius 3 is 2.61 bits per heavy atom. The molecule has 1 unspecified atom stereocenters. The molecule has 4 heteroatoms. The van der Waals surface area contributed by atoms with Crippen molar-refractivity contribution in [3.05, 3.63) is 56.8 Å². The fourth-order valence-corrected chi connectivity index (χ4v) is 3.92. The number of aryl methyl sites for hydroxylation is 1. The molecule has 2 heterocycles. The first-order valence-corrected chi connectivity index (χ1v) is 7.20. The van der Waals surface area contributed by atoms with E-state index >= 15 is 0 Å². The molecule has 0 aliphatic carbocycles. The molecule has 0 bridgehead atoms. The van der Waals surface area contributed by atoms with Gasteiger partial charge in [-0.3, -0.25) is 0 Å². The standard InChI is InChI=1S/C14H11FOS2/c1-8-2-4-12(17-8)14(16)13-7-9-6-10(15)3-5-11(9)18-13/h2-7,14,16H,1H3. The van der Waals surface area contributed by atoms with Crippen molar-refractivity contribution in [3.63, 3.8) is 0 Å². The Labute approximate surface area is 112 Å². The highest BCUT2D eigenvalue weighted by Crippen LogP contribution is 2.35. The lowest BCUT2D eigenvalue weighted by molar-refractivity contribution is 0.228. The molecule has 18 heavy (non-hydrogen) atoms. The fraction of sp³-hybridized carbons (Fsp3) is 0.143. The van der Waals surface area contributed by atoms with Crippen LogP contribution in [-0.2, 0) is 0 Å². The first-order valence-electron chi connectivity index (χ1n) is 5.57. The van der Waals surface area contributed by atoms with E-state index in [1.165, 1.54) is 28.3 Å². The summed E-state index contributed by atoms with van der Waals surface area (Å²) in [7, 11) is 0. The van der Waals surface area contributed by atoms with Crippen molar-refractivity contribution in [1.29, 1.82) is 0 Å². The second-order valence-electron chi connectivity index (χ2n) is 4.18. The van der Waals surface area contributed by atoms with E-state index in [1.807, 2.05) is 25.1 Å². The van der Waals surface area contributed by atoms with Gasteiger partial charge in [-0.1, -0.05) is 0 Å². The van der Waals surface area contributed by atoms with Gasteiger partial charge in [-0.05, 0) is 48.7 Å². The zero-order chi connectivity index (χ0) is 12.7. The third kappa shape index (κ3) is 2.07. The Morgan fingerprint density at radius 1 is 1.06 bits per heavy atom. The van der Waals surface area contributed by atoms with Gasteiger partial charge in [0.25, 0.3) is 0 Å². The Kier molecular flexibility index (Phi) is 2.93. The Morgan fingerprint density at radius 2 is 1.89 bits per heavy atom. The van der Waals surface area contributed by atoms with Crippen molar-refractivity contribution in [1.82, 2.24) is 0 Å². The summed E-state index contributed by atoms with van der Waals surface area (Å²) in [6.07, 6.45) is -0.607. The number of rotatable bonds is 2. The number of halogens is 1. The van der Waals surface area contributed by atoms with Crippen LogP contribution in [0.25, 0.3) is 10.1 Å². The quantitative estimate of drug-likeness (QED) is 0.732. The van der Waals surface area contributed by atoms with Crippen molar-refractivity contribution in [2.45, 2.75) is 13.0 Å². The first kappa shape index (κ1) is 11.8. The average molecular weight is 278 g/mol. The van der Waals surface area contributed by atoms with E-state index in [2.05, 4.69) is 0 Å². The summed E-state index contributed by atoms with van der Waals surface area (Å²) in [5.74, 6) is -0.242. The minimum Gasteiger partial charge on any atom is -0.382 e. The molecule has 0 saturated heterocycles.